The van der Waals surface area contributed by atoms with Crippen LogP contribution in [-0.2, 0) is 9.09 Å². The second kappa shape index (κ2) is 5.18. The van der Waals surface area contributed by atoms with Crippen molar-refractivity contribution in [2.45, 2.75) is 13.3 Å². The van der Waals surface area contributed by atoms with Crippen molar-refractivity contribution in [1.82, 2.24) is 0 Å². The molecule has 0 radical (unpaired) electrons. The summed E-state index contributed by atoms with van der Waals surface area (Å²) in [5, 5.41) is 0. The van der Waals surface area contributed by atoms with Gasteiger partial charge < -0.3 is 9.42 Å². The molecule has 0 spiro atoms. The second-order valence-corrected chi connectivity index (χ2v) is 3.51. The van der Waals surface area contributed by atoms with E-state index >= 15 is 0 Å². The third kappa shape index (κ3) is 3.73. The Balaban J connectivity index is 0.000000133. The van der Waals surface area contributed by atoms with Crippen LogP contribution in [0, 0.1) is 0 Å². The minimum Gasteiger partial charge on any atom is -0.326 e. The van der Waals surface area contributed by atoms with Crippen molar-refractivity contribution in [3.8, 4) is 0 Å². The molecule has 1 atom stereocenters. The highest BCUT2D eigenvalue weighted by atomic mass is 31.1. The quantitative estimate of drug-likeness (QED) is 0.695. The molecule has 2 aliphatic rings. The predicted molar refractivity (Wildman–Crippen MR) is 52.8 cm³/mol. The van der Waals surface area contributed by atoms with Gasteiger partial charge >= 0.3 is 8.25 Å². The zero-order valence-corrected chi connectivity index (χ0v) is 8.49. The van der Waals surface area contributed by atoms with Gasteiger partial charge in [-0.3, -0.25) is 4.57 Å². The van der Waals surface area contributed by atoms with Gasteiger partial charge in [-0.15, -0.1) is 0 Å². The second-order valence-electron chi connectivity index (χ2n) is 2.69. The van der Waals surface area contributed by atoms with Crippen molar-refractivity contribution in [1.29, 1.82) is 0 Å². The van der Waals surface area contributed by atoms with Crippen molar-refractivity contribution < 1.29 is 14.0 Å². The van der Waals surface area contributed by atoms with Crippen LogP contribution < -0.4 is 0 Å². The van der Waals surface area contributed by atoms with E-state index in [4.69, 9.17) is 4.89 Å². The molecule has 1 N–H and O–H groups in total. The standard InChI is InChI=1S/C7H6.C2H7O3P/c1-2-7-4-3-6(1)5-7;1-2-5-6(3)4/h1-4H,5H2;6H,2H2,1H3,(H,3,4). The Kier molecular flexibility index (Phi) is 4.16. The molecule has 72 valence electrons. The molecule has 4 heteroatoms. The van der Waals surface area contributed by atoms with Gasteiger partial charge in [0.25, 0.3) is 0 Å². The zero-order valence-electron chi connectivity index (χ0n) is 7.49. The van der Waals surface area contributed by atoms with Gasteiger partial charge in [0.15, 0.2) is 0 Å². The van der Waals surface area contributed by atoms with E-state index in [9.17, 15) is 4.57 Å². The first-order valence-electron chi connectivity index (χ1n) is 4.16. The van der Waals surface area contributed by atoms with Crippen LogP contribution in [0.4, 0.5) is 0 Å². The SMILES string of the molecule is C1=CC2=CC=C1C2.CCO[PH](=O)O. The van der Waals surface area contributed by atoms with Gasteiger partial charge in [-0.25, -0.2) is 0 Å². The van der Waals surface area contributed by atoms with Crippen LogP contribution >= 0.6 is 8.25 Å². The Morgan fingerprint density at radius 3 is 2.08 bits per heavy atom. The molecule has 0 heterocycles. The Bertz CT molecular complexity index is 269. The fraction of sp³-hybridized carbons (Fsp3) is 0.333. The summed E-state index contributed by atoms with van der Waals surface area (Å²) in [6.45, 7) is 1.98. The molecule has 0 aromatic heterocycles. The maximum absolute atomic E-state index is 9.56. The lowest BCUT2D eigenvalue weighted by molar-refractivity contribution is 0.297. The molecule has 0 saturated carbocycles. The summed E-state index contributed by atoms with van der Waals surface area (Å²) in [5.41, 5.74) is 2.94. The summed E-state index contributed by atoms with van der Waals surface area (Å²) in [5.74, 6) is 0. The Morgan fingerprint density at radius 2 is 2.00 bits per heavy atom. The molecule has 1 unspecified atom stereocenters. The highest BCUT2D eigenvalue weighted by Crippen LogP contribution is 2.27. The zero-order chi connectivity index (χ0) is 9.68. The third-order valence-corrected chi connectivity index (χ3v) is 2.23. The topological polar surface area (TPSA) is 46.5 Å². The summed E-state index contributed by atoms with van der Waals surface area (Å²) >= 11 is 0. The van der Waals surface area contributed by atoms with Crippen molar-refractivity contribution in [2.24, 2.45) is 0 Å². The van der Waals surface area contributed by atoms with Gasteiger partial charge in [-0.05, 0) is 24.5 Å². The van der Waals surface area contributed by atoms with Crippen LogP contribution in [0.1, 0.15) is 13.3 Å². The van der Waals surface area contributed by atoms with Gasteiger partial charge in [0.1, 0.15) is 0 Å². The summed E-state index contributed by atoms with van der Waals surface area (Å²) < 4.78 is 13.7. The van der Waals surface area contributed by atoms with Crippen LogP contribution in [0.15, 0.2) is 35.5 Å². The number of rotatable bonds is 2. The molecule has 13 heavy (non-hydrogen) atoms. The van der Waals surface area contributed by atoms with Gasteiger partial charge in [0, 0.05) is 0 Å². The van der Waals surface area contributed by atoms with Crippen LogP contribution in [-0.4, -0.2) is 11.5 Å². The van der Waals surface area contributed by atoms with Gasteiger partial charge in [0.2, 0.25) is 0 Å². The molecule has 0 saturated heterocycles. The van der Waals surface area contributed by atoms with Crippen LogP contribution in [0.5, 0.6) is 0 Å². The van der Waals surface area contributed by atoms with Crippen molar-refractivity contribution in [3.63, 3.8) is 0 Å². The fourth-order valence-corrected chi connectivity index (χ4v) is 1.38. The number of hydrogen-bond acceptors (Lipinski definition) is 2. The molecule has 2 rings (SSSR count). The molecule has 0 aliphatic heterocycles. The first kappa shape index (κ1) is 10.5. The highest BCUT2D eigenvalue weighted by molar-refractivity contribution is 7.32. The Labute approximate surface area is 78.4 Å². The number of fused-ring (bicyclic) bond motifs is 2. The van der Waals surface area contributed by atoms with E-state index < -0.39 is 8.25 Å². The van der Waals surface area contributed by atoms with E-state index in [1.165, 1.54) is 17.6 Å². The monoisotopic (exact) mass is 200 g/mol. The fourth-order valence-electron chi connectivity index (χ4n) is 1.13. The Morgan fingerprint density at radius 1 is 1.46 bits per heavy atom. The molecule has 0 aromatic carbocycles. The van der Waals surface area contributed by atoms with Gasteiger partial charge in [-0.1, -0.05) is 24.3 Å². The lowest BCUT2D eigenvalue weighted by Gasteiger charge is -1.86. The summed E-state index contributed by atoms with van der Waals surface area (Å²) in [6, 6.07) is 0. The van der Waals surface area contributed by atoms with Crippen LogP contribution in [0.25, 0.3) is 0 Å². The third-order valence-electron chi connectivity index (χ3n) is 1.70. The Hall–Kier alpha value is -0.630. The minimum absolute atomic E-state index is 0.314. The summed E-state index contributed by atoms with van der Waals surface area (Å²) in [6.07, 6.45) is 9.90. The molecule has 0 fully saturated rings. The van der Waals surface area contributed by atoms with E-state index in [1.54, 1.807) is 6.92 Å². The number of allylic oxidation sites excluding steroid dienone is 6. The molecular formula is C9H13O3P. The van der Waals surface area contributed by atoms with E-state index in [-0.39, 0.29) is 0 Å². The van der Waals surface area contributed by atoms with E-state index in [1.807, 2.05) is 0 Å². The van der Waals surface area contributed by atoms with E-state index in [0.29, 0.717) is 6.61 Å². The van der Waals surface area contributed by atoms with E-state index in [0.717, 1.165) is 0 Å². The van der Waals surface area contributed by atoms with Crippen LogP contribution in [0.3, 0.4) is 0 Å². The summed E-state index contributed by atoms with van der Waals surface area (Å²) in [7, 11) is -2.64. The lowest BCUT2D eigenvalue weighted by atomic mass is 10.3. The molecule has 0 aromatic rings. The average molecular weight is 200 g/mol. The largest absolute Gasteiger partial charge is 0.326 e. The molecule has 2 aliphatic carbocycles. The number of hydrogen-bond donors (Lipinski definition) is 1. The van der Waals surface area contributed by atoms with Crippen LogP contribution in [0.2, 0.25) is 0 Å². The van der Waals surface area contributed by atoms with Gasteiger partial charge in [-0.2, -0.15) is 0 Å². The smallest absolute Gasteiger partial charge is 0.316 e. The lowest BCUT2D eigenvalue weighted by Crippen LogP contribution is -1.72. The molecule has 2 bridgehead atoms. The first-order chi connectivity index (χ1) is 6.22. The summed E-state index contributed by atoms with van der Waals surface area (Å²) in [4.78, 5) is 7.88. The highest BCUT2D eigenvalue weighted by Gasteiger charge is 2.07. The van der Waals surface area contributed by atoms with Gasteiger partial charge in [0.05, 0.1) is 6.61 Å². The van der Waals surface area contributed by atoms with Crippen molar-refractivity contribution in [3.05, 3.63) is 35.5 Å². The normalized spacial score (nSPS) is 18.9. The molecular weight excluding hydrogens is 187 g/mol. The maximum atomic E-state index is 9.56. The average Bonchev–Trinajstić information content (AvgIpc) is 2.66. The predicted octanol–water partition coefficient (Wildman–Crippen LogP) is 2.22. The molecule has 0 amide bonds. The first-order valence-corrected chi connectivity index (χ1v) is 5.42. The molecule has 3 nitrogen and oxygen atoms in total. The maximum Gasteiger partial charge on any atom is 0.316 e. The minimum atomic E-state index is -2.64. The van der Waals surface area contributed by atoms with Crippen molar-refractivity contribution in [2.75, 3.05) is 6.61 Å². The van der Waals surface area contributed by atoms with E-state index in [2.05, 4.69) is 28.8 Å². The van der Waals surface area contributed by atoms with Crippen molar-refractivity contribution >= 4 is 8.25 Å².